The van der Waals surface area contributed by atoms with E-state index < -0.39 is 35.8 Å². The molecule has 0 saturated heterocycles. The van der Waals surface area contributed by atoms with Crippen molar-refractivity contribution in [2.24, 2.45) is 5.73 Å². The fourth-order valence-corrected chi connectivity index (χ4v) is 1.16. The van der Waals surface area contributed by atoms with Crippen molar-refractivity contribution in [1.82, 2.24) is 0 Å². The average molecular weight is 225 g/mol. The zero-order valence-electron chi connectivity index (χ0n) is 7.48. The molecule has 0 fully saturated rings. The van der Waals surface area contributed by atoms with E-state index in [0.717, 1.165) is 12.1 Å². The van der Waals surface area contributed by atoms with E-state index in [1.807, 2.05) is 0 Å². The highest BCUT2D eigenvalue weighted by Gasteiger charge is 2.31. The molecular weight excluding hydrogens is 217 g/mol. The highest BCUT2D eigenvalue weighted by atomic mass is 19.4. The summed E-state index contributed by atoms with van der Waals surface area (Å²) in [6, 6.07) is 0.659. The lowest BCUT2D eigenvalue weighted by Gasteiger charge is -2.14. The molecule has 0 aliphatic carbocycles. The first-order chi connectivity index (χ1) is 6.79. The minimum absolute atomic E-state index is 0.465. The van der Waals surface area contributed by atoms with Crippen LogP contribution in [0.25, 0.3) is 0 Å². The molecule has 0 bridgehead atoms. The summed E-state index contributed by atoms with van der Waals surface area (Å²) < 4.78 is 61.4. The quantitative estimate of drug-likeness (QED) is 0.769. The van der Waals surface area contributed by atoms with Crippen LogP contribution in [0.15, 0.2) is 18.2 Å². The first-order valence-electron chi connectivity index (χ1n) is 4.07. The van der Waals surface area contributed by atoms with Crippen LogP contribution in [0.5, 0.6) is 0 Å². The molecule has 6 heteroatoms. The summed E-state index contributed by atoms with van der Waals surface area (Å²) in [7, 11) is 0. The molecule has 0 aromatic heterocycles. The van der Waals surface area contributed by atoms with Crippen LogP contribution in [0.1, 0.15) is 18.0 Å². The van der Waals surface area contributed by atoms with Gasteiger partial charge in [-0.25, -0.2) is 8.78 Å². The molecule has 84 valence electrons. The second-order valence-electron chi connectivity index (χ2n) is 3.09. The maximum Gasteiger partial charge on any atom is 0.390 e. The molecule has 0 spiro atoms. The molecule has 0 aliphatic rings. The Morgan fingerprint density at radius 1 is 1.20 bits per heavy atom. The van der Waals surface area contributed by atoms with Gasteiger partial charge in [0, 0.05) is 11.6 Å². The lowest BCUT2D eigenvalue weighted by molar-refractivity contribution is -0.138. The highest BCUT2D eigenvalue weighted by molar-refractivity contribution is 5.22. The smallest absolute Gasteiger partial charge is 0.324 e. The number of halogens is 5. The van der Waals surface area contributed by atoms with Crippen LogP contribution in [0, 0.1) is 11.6 Å². The zero-order valence-corrected chi connectivity index (χ0v) is 7.48. The fraction of sp³-hybridized carbons (Fsp3) is 0.333. The molecule has 1 nitrogen and oxygen atoms in total. The van der Waals surface area contributed by atoms with E-state index in [4.69, 9.17) is 5.73 Å². The third-order valence-corrected chi connectivity index (χ3v) is 1.81. The predicted octanol–water partition coefficient (Wildman–Crippen LogP) is 2.92. The minimum atomic E-state index is -4.50. The Hall–Kier alpha value is -1.17. The van der Waals surface area contributed by atoms with E-state index in [1.54, 1.807) is 0 Å². The molecule has 0 heterocycles. The second kappa shape index (κ2) is 4.14. The number of hydrogen-bond donors (Lipinski definition) is 1. The fourth-order valence-electron chi connectivity index (χ4n) is 1.16. The Kier molecular flexibility index (Phi) is 3.28. The summed E-state index contributed by atoms with van der Waals surface area (Å²) in [6.07, 6.45) is -5.88. The van der Waals surface area contributed by atoms with E-state index in [0.29, 0.717) is 6.07 Å². The van der Waals surface area contributed by atoms with Crippen LogP contribution in [-0.2, 0) is 0 Å². The standard InChI is InChI=1S/C9H8F5N/c10-5-1-2-7(11)6(3-5)8(15)4-9(12,13)14/h1-3,8H,4,15H2. The van der Waals surface area contributed by atoms with Gasteiger partial charge >= 0.3 is 6.18 Å². The third-order valence-electron chi connectivity index (χ3n) is 1.81. The van der Waals surface area contributed by atoms with Gasteiger partial charge in [0.1, 0.15) is 11.6 Å². The number of hydrogen-bond acceptors (Lipinski definition) is 1. The van der Waals surface area contributed by atoms with E-state index in [2.05, 4.69) is 0 Å². The molecule has 1 aromatic rings. The second-order valence-corrected chi connectivity index (χ2v) is 3.09. The van der Waals surface area contributed by atoms with Crippen molar-refractivity contribution in [3.05, 3.63) is 35.4 Å². The lowest BCUT2D eigenvalue weighted by Crippen LogP contribution is -2.21. The Morgan fingerprint density at radius 3 is 2.33 bits per heavy atom. The van der Waals surface area contributed by atoms with Gasteiger partial charge in [-0.05, 0) is 18.2 Å². The van der Waals surface area contributed by atoms with Gasteiger partial charge in [0.2, 0.25) is 0 Å². The minimum Gasteiger partial charge on any atom is -0.324 e. The van der Waals surface area contributed by atoms with Gasteiger partial charge in [-0.15, -0.1) is 0 Å². The summed E-state index contributed by atoms with van der Waals surface area (Å²) >= 11 is 0. The van der Waals surface area contributed by atoms with Crippen molar-refractivity contribution in [2.75, 3.05) is 0 Å². The Balaban J connectivity index is 2.90. The van der Waals surface area contributed by atoms with Gasteiger partial charge in [0.05, 0.1) is 6.42 Å². The molecule has 0 saturated carbocycles. The van der Waals surface area contributed by atoms with Crippen LogP contribution < -0.4 is 5.73 Å². The largest absolute Gasteiger partial charge is 0.390 e. The SMILES string of the molecule is NC(CC(F)(F)F)c1cc(F)ccc1F. The van der Waals surface area contributed by atoms with Crippen LogP contribution in [0.3, 0.4) is 0 Å². The van der Waals surface area contributed by atoms with Gasteiger partial charge < -0.3 is 5.73 Å². The van der Waals surface area contributed by atoms with Crippen LogP contribution in [0.4, 0.5) is 22.0 Å². The third kappa shape index (κ3) is 3.47. The molecule has 1 aromatic carbocycles. The maximum atomic E-state index is 13.0. The summed E-state index contributed by atoms with van der Waals surface area (Å²) in [5.41, 5.74) is 4.66. The highest BCUT2D eigenvalue weighted by Crippen LogP contribution is 2.29. The van der Waals surface area contributed by atoms with Crippen molar-refractivity contribution >= 4 is 0 Å². The average Bonchev–Trinajstić information content (AvgIpc) is 2.06. The van der Waals surface area contributed by atoms with Crippen molar-refractivity contribution in [2.45, 2.75) is 18.6 Å². The monoisotopic (exact) mass is 225 g/mol. The van der Waals surface area contributed by atoms with E-state index in [9.17, 15) is 22.0 Å². The molecule has 15 heavy (non-hydrogen) atoms. The van der Waals surface area contributed by atoms with Crippen molar-refractivity contribution < 1.29 is 22.0 Å². The van der Waals surface area contributed by atoms with Crippen LogP contribution >= 0.6 is 0 Å². The predicted molar refractivity (Wildman–Crippen MR) is 44.0 cm³/mol. The molecule has 1 rings (SSSR count). The molecule has 0 aliphatic heterocycles. The number of alkyl halides is 3. The van der Waals surface area contributed by atoms with Gasteiger partial charge in [-0.2, -0.15) is 13.2 Å². The molecule has 0 radical (unpaired) electrons. The molecule has 2 N–H and O–H groups in total. The number of nitrogens with two attached hydrogens (primary N) is 1. The van der Waals surface area contributed by atoms with E-state index >= 15 is 0 Å². The maximum absolute atomic E-state index is 13.0. The zero-order chi connectivity index (χ0) is 11.6. The van der Waals surface area contributed by atoms with Crippen molar-refractivity contribution in [3.8, 4) is 0 Å². The summed E-state index contributed by atoms with van der Waals surface area (Å²) in [5.74, 6) is -1.75. The molecular formula is C9H8F5N. The summed E-state index contributed by atoms with van der Waals surface area (Å²) in [6.45, 7) is 0. The van der Waals surface area contributed by atoms with Crippen LogP contribution in [0.2, 0.25) is 0 Å². The van der Waals surface area contributed by atoms with E-state index in [1.165, 1.54) is 0 Å². The van der Waals surface area contributed by atoms with Gasteiger partial charge in [0.15, 0.2) is 0 Å². The molecule has 1 atom stereocenters. The van der Waals surface area contributed by atoms with Crippen LogP contribution in [-0.4, -0.2) is 6.18 Å². The van der Waals surface area contributed by atoms with Gasteiger partial charge in [-0.3, -0.25) is 0 Å². The van der Waals surface area contributed by atoms with Gasteiger partial charge in [0.25, 0.3) is 0 Å². The number of rotatable bonds is 2. The van der Waals surface area contributed by atoms with E-state index in [-0.39, 0.29) is 0 Å². The molecule has 1 unspecified atom stereocenters. The Labute approximate surface area is 82.7 Å². The van der Waals surface area contributed by atoms with Crippen molar-refractivity contribution in [3.63, 3.8) is 0 Å². The number of benzene rings is 1. The Bertz CT molecular complexity index is 347. The first kappa shape index (κ1) is 11.9. The van der Waals surface area contributed by atoms with Crippen molar-refractivity contribution in [1.29, 1.82) is 0 Å². The van der Waals surface area contributed by atoms with Gasteiger partial charge in [-0.1, -0.05) is 0 Å². The lowest BCUT2D eigenvalue weighted by atomic mass is 10.0. The Morgan fingerprint density at radius 2 is 1.80 bits per heavy atom. The normalized spacial score (nSPS) is 14.0. The topological polar surface area (TPSA) is 26.0 Å². The first-order valence-corrected chi connectivity index (χ1v) is 4.07. The molecule has 0 amide bonds. The summed E-state index contributed by atoms with van der Waals surface area (Å²) in [4.78, 5) is 0. The summed E-state index contributed by atoms with van der Waals surface area (Å²) in [5, 5.41) is 0.